The smallest absolute Gasteiger partial charge is 0.295 e. The van der Waals surface area contributed by atoms with E-state index in [0.717, 1.165) is 11.4 Å². The molecule has 11 heteroatoms. The summed E-state index contributed by atoms with van der Waals surface area (Å²) in [5.74, 6) is 0.113. The van der Waals surface area contributed by atoms with Gasteiger partial charge in [0.05, 0.1) is 15.7 Å². The van der Waals surface area contributed by atoms with Gasteiger partial charge in [0.1, 0.15) is 17.2 Å². The van der Waals surface area contributed by atoms with Crippen LogP contribution in [-0.2, 0) is 13.5 Å². The van der Waals surface area contributed by atoms with E-state index in [-0.39, 0.29) is 5.82 Å². The first-order valence-corrected chi connectivity index (χ1v) is 10.3. The second-order valence-corrected chi connectivity index (χ2v) is 7.69. The van der Waals surface area contributed by atoms with E-state index in [2.05, 4.69) is 25.5 Å². The minimum atomic E-state index is -0.465. The number of benzene rings is 1. The Labute approximate surface area is 180 Å². The topological polar surface area (TPSA) is 90.5 Å². The molecule has 8 nitrogen and oxygen atoms in total. The molecule has 1 amide bonds. The van der Waals surface area contributed by atoms with Gasteiger partial charge in [0.2, 0.25) is 5.82 Å². The van der Waals surface area contributed by atoms with Crippen molar-refractivity contribution in [3.63, 3.8) is 0 Å². The highest BCUT2D eigenvalue weighted by Gasteiger charge is 2.20. The molecule has 0 atom stereocenters. The number of hydrogen-bond acceptors (Lipinski definition) is 6. The van der Waals surface area contributed by atoms with Gasteiger partial charge in [-0.3, -0.25) is 14.8 Å². The van der Waals surface area contributed by atoms with E-state index >= 15 is 0 Å². The Kier molecular flexibility index (Phi) is 5.35. The summed E-state index contributed by atoms with van der Waals surface area (Å²) in [6, 6.07) is 7.01. The number of nitrogens with zero attached hydrogens (tertiary/aromatic N) is 6. The fraction of sp³-hybridized carbons (Fsp3) is 0.167. The first-order valence-electron chi connectivity index (χ1n) is 8.63. The summed E-state index contributed by atoms with van der Waals surface area (Å²) < 4.78 is 3.22. The van der Waals surface area contributed by atoms with Crippen LogP contribution in [-0.4, -0.2) is 35.4 Å². The normalized spacial score (nSPS) is 11.0. The van der Waals surface area contributed by atoms with Crippen LogP contribution in [0.5, 0.6) is 0 Å². The number of amides is 1. The summed E-state index contributed by atoms with van der Waals surface area (Å²) >= 11 is 13.9. The van der Waals surface area contributed by atoms with Crippen molar-refractivity contribution in [2.24, 2.45) is 7.05 Å². The molecule has 3 aromatic heterocycles. The zero-order chi connectivity index (χ0) is 20.5. The molecule has 0 radical (unpaired) electrons. The molecule has 4 aromatic rings. The Morgan fingerprint density at radius 2 is 1.97 bits per heavy atom. The number of carbonyl (C=O) groups is 1. The van der Waals surface area contributed by atoms with E-state index in [9.17, 15) is 4.79 Å². The molecule has 3 heterocycles. The lowest BCUT2D eigenvalue weighted by atomic mass is 10.3. The fourth-order valence-electron chi connectivity index (χ4n) is 2.77. The van der Waals surface area contributed by atoms with Crippen molar-refractivity contribution in [1.29, 1.82) is 0 Å². The molecule has 1 N–H and O–H groups in total. The van der Waals surface area contributed by atoms with Crippen LogP contribution in [0.15, 0.2) is 35.8 Å². The third-order valence-corrected chi connectivity index (χ3v) is 5.52. The standard InChI is InChI=1S/C18H15Cl2N7OS/c1-3-14-23-16(25-27(14)15-10(19)5-4-6-11(15)20)17(28)24-18-22-12(9-29-18)13-7-8-21-26(13)2/h4-9H,3H2,1-2H3,(H,22,24,28). The molecule has 1 aromatic carbocycles. The van der Waals surface area contributed by atoms with Crippen molar-refractivity contribution in [3.8, 4) is 17.1 Å². The predicted octanol–water partition coefficient (Wildman–Crippen LogP) is 4.25. The Morgan fingerprint density at radius 1 is 1.21 bits per heavy atom. The third-order valence-electron chi connectivity index (χ3n) is 4.15. The number of aromatic nitrogens is 6. The molecule has 0 unspecified atom stereocenters. The van der Waals surface area contributed by atoms with Gasteiger partial charge in [0, 0.05) is 25.0 Å². The third kappa shape index (κ3) is 3.76. The quantitative estimate of drug-likeness (QED) is 0.493. The molecule has 0 bridgehead atoms. The molecule has 0 spiro atoms. The number of aryl methyl sites for hydroxylation is 2. The van der Waals surface area contributed by atoms with Crippen molar-refractivity contribution in [2.45, 2.75) is 13.3 Å². The average molecular weight is 448 g/mol. The van der Waals surface area contributed by atoms with Crippen LogP contribution in [0.4, 0.5) is 5.13 Å². The van der Waals surface area contributed by atoms with Gasteiger partial charge in [-0.15, -0.1) is 16.4 Å². The first kappa shape index (κ1) is 19.6. The lowest BCUT2D eigenvalue weighted by molar-refractivity contribution is 0.101. The van der Waals surface area contributed by atoms with Gasteiger partial charge in [0.25, 0.3) is 5.91 Å². The zero-order valence-corrected chi connectivity index (χ0v) is 17.8. The number of anilines is 1. The maximum atomic E-state index is 12.7. The molecule has 0 fully saturated rings. The zero-order valence-electron chi connectivity index (χ0n) is 15.4. The van der Waals surface area contributed by atoms with Crippen LogP contribution < -0.4 is 5.32 Å². The lowest BCUT2D eigenvalue weighted by Gasteiger charge is -2.08. The van der Waals surface area contributed by atoms with E-state index in [0.29, 0.717) is 33.1 Å². The SMILES string of the molecule is CCc1nc(C(=O)Nc2nc(-c3ccnn3C)cs2)nn1-c1c(Cl)cccc1Cl. The largest absolute Gasteiger partial charge is 0.297 e. The maximum Gasteiger partial charge on any atom is 0.297 e. The highest BCUT2D eigenvalue weighted by atomic mass is 35.5. The Morgan fingerprint density at radius 3 is 2.62 bits per heavy atom. The summed E-state index contributed by atoms with van der Waals surface area (Å²) in [4.78, 5) is 21.5. The van der Waals surface area contributed by atoms with Crippen LogP contribution in [0.2, 0.25) is 10.0 Å². The number of halogens is 2. The summed E-state index contributed by atoms with van der Waals surface area (Å²) in [5.41, 5.74) is 2.07. The molecular formula is C18H15Cl2N7OS. The minimum absolute atomic E-state index is 0.00937. The van der Waals surface area contributed by atoms with Crippen molar-refractivity contribution in [2.75, 3.05) is 5.32 Å². The van der Waals surface area contributed by atoms with Crippen LogP contribution in [0, 0.1) is 0 Å². The summed E-state index contributed by atoms with van der Waals surface area (Å²) in [6.45, 7) is 1.91. The van der Waals surface area contributed by atoms with Gasteiger partial charge in [-0.1, -0.05) is 36.2 Å². The van der Waals surface area contributed by atoms with Crippen LogP contribution >= 0.6 is 34.5 Å². The Bertz CT molecular complexity index is 1180. The van der Waals surface area contributed by atoms with Gasteiger partial charge in [-0.2, -0.15) is 5.10 Å². The lowest BCUT2D eigenvalue weighted by Crippen LogP contribution is -2.14. The van der Waals surface area contributed by atoms with E-state index in [1.165, 1.54) is 16.0 Å². The Balaban J connectivity index is 1.61. The van der Waals surface area contributed by atoms with E-state index in [1.54, 1.807) is 29.1 Å². The van der Waals surface area contributed by atoms with Crippen molar-refractivity contribution in [1.82, 2.24) is 29.5 Å². The number of para-hydroxylation sites is 1. The molecule has 148 valence electrons. The van der Waals surface area contributed by atoms with Crippen LogP contribution in [0.3, 0.4) is 0 Å². The monoisotopic (exact) mass is 447 g/mol. The molecule has 0 saturated heterocycles. The molecule has 0 aliphatic heterocycles. The average Bonchev–Trinajstić information content (AvgIpc) is 3.41. The van der Waals surface area contributed by atoms with E-state index in [4.69, 9.17) is 23.2 Å². The maximum absolute atomic E-state index is 12.7. The van der Waals surface area contributed by atoms with Gasteiger partial charge >= 0.3 is 0 Å². The van der Waals surface area contributed by atoms with Crippen molar-refractivity contribution >= 4 is 45.6 Å². The first-order chi connectivity index (χ1) is 14.0. The second kappa shape index (κ2) is 7.94. The van der Waals surface area contributed by atoms with Crippen LogP contribution in [0.25, 0.3) is 17.1 Å². The highest BCUT2D eigenvalue weighted by Crippen LogP contribution is 2.29. The van der Waals surface area contributed by atoms with Gasteiger partial charge in [0.15, 0.2) is 5.13 Å². The summed E-state index contributed by atoms with van der Waals surface area (Å²) in [5, 5.41) is 14.3. The minimum Gasteiger partial charge on any atom is -0.295 e. The molecular weight excluding hydrogens is 433 g/mol. The number of hydrogen-bond donors (Lipinski definition) is 1. The number of thiazole rings is 1. The van der Waals surface area contributed by atoms with Gasteiger partial charge in [-0.05, 0) is 18.2 Å². The predicted molar refractivity (Wildman–Crippen MR) is 113 cm³/mol. The van der Waals surface area contributed by atoms with E-state index < -0.39 is 5.91 Å². The van der Waals surface area contributed by atoms with Gasteiger partial charge in [-0.25, -0.2) is 14.6 Å². The van der Waals surface area contributed by atoms with Crippen molar-refractivity contribution in [3.05, 3.63) is 57.5 Å². The second-order valence-electron chi connectivity index (χ2n) is 6.02. The fourth-order valence-corrected chi connectivity index (χ4v) is 4.02. The number of carbonyl (C=O) groups excluding carboxylic acids is 1. The molecule has 4 rings (SSSR count). The van der Waals surface area contributed by atoms with E-state index in [1.807, 2.05) is 25.4 Å². The molecule has 0 saturated carbocycles. The number of nitrogens with one attached hydrogen (secondary N) is 1. The summed E-state index contributed by atoms with van der Waals surface area (Å²) in [6.07, 6.45) is 2.24. The van der Waals surface area contributed by atoms with Gasteiger partial charge < -0.3 is 0 Å². The van der Waals surface area contributed by atoms with Crippen molar-refractivity contribution < 1.29 is 4.79 Å². The Hall–Kier alpha value is -2.75. The molecule has 0 aliphatic carbocycles. The highest BCUT2D eigenvalue weighted by molar-refractivity contribution is 7.14. The number of rotatable bonds is 5. The van der Waals surface area contributed by atoms with Crippen LogP contribution in [0.1, 0.15) is 23.4 Å². The summed E-state index contributed by atoms with van der Waals surface area (Å²) in [7, 11) is 1.83. The molecule has 29 heavy (non-hydrogen) atoms. The molecule has 0 aliphatic rings.